The molecule has 2 heterocycles. The number of methoxy groups -OCH3 is 1. The van der Waals surface area contributed by atoms with Gasteiger partial charge < -0.3 is 15.0 Å². The van der Waals surface area contributed by atoms with Crippen molar-refractivity contribution >= 4 is 12.4 Å². The number of likely N-dealkylation sites (tertiary alicyclic amines) is 1. The number of halogens is 1. The molecule has 2 aliphatic rings. The van der Waals surface area contributed by atoms with Gasteiger partial charge in [0.2, 0.25) is 0 Å². The Morgan fingerprint density at radius 3 is 2.61 bits per heavy atom. The first kappa shape index (κ1) is 16.2. The molecule has 2 rings (SSSR count). The first-order valence-electron chi connectivity index (χ1n) is 7.25. The van der Waals surface area contributed by atoms with E-state index in [1.54, 1.807) is 0 Å². The molecule has 0 spiro atoms. The van der Waals surface area contributed by atoms with E-state index in [4.69, 9.17) is 4.74 Å². The quantitative estimate of drug-likeness (QED) is 0.852. The van der Waals surface area contributed by atoms with Gasteiger partial charge in [-0.1, -0.05) is 6.92 Å². The summed E-state index contributed by atoms with van der Waals surface area (Å²) in [6.07, 6.45) is 5.88. The Morgan fingerprint density at radius 2 is 1.94 bits per heavy atom. The van der Waals surface area contributed by atoms with Crippen molar-refractivity contribution in [2.45, 2.75) is 38.7 Å². The molecule has 2 unspecified atom stereocenters. The minimum absolute atomic E-state index is 0. The van der Waals surface area contributed by atoms with E-state index in [-0.39, 0.29) is 12.4 Å². The van der Waals surface area contributed by atoms with Crippen LogP contribution in [0.1, 0.15) is 32.6 Å². The predicted molar refractivity (Wildman–Crippen MR) is 78.5 cm³/mol. The molecule has 0 aromatic carbocycles. The fourth-order valence-electron chi connectivity index (χ4n) is 3.14. The van der Waals surface area contributed by atoms with E-state index >= 15 is 0 Å². The highest BCUT2D eigenvalue weighted by molar-refractivity contribution is 5.85. The van der Waals surface area contributed by atoms with Gasteiger partial charge in [0, 0.05) is 13.7 Å². The van der Waals surface area contributed by atoms with Crippen LogP contribution in [0, 0.1) is 11.8 Å². The predicted octanol–water partition coefficient (Wildman–Crippen LogP) is 2.15. The number of rotatable bonds is 4. The van der Waals surface area contributed by atoms with Gasteiger partial charge in [0.15, 0.2) is 0 Å². The minimum Gasteiger partial charge on any atom is -0.380 e. The molecular weight excluding hydrogens is 248 g/mol. The van der Waals surface area contributed by atoms with Crippen LogP contribution in [0.15, 0.2) is 0 Å². The van der Waals surface area contributed by atoms with Crippen LogP contribution in [0.4, 0.5) is 0 Å². The van der Waals surface area contributed by atoms with E-state index < -0.39 is 0 Å². The maximum absolute atomic E-state index is 5.57. The number of hydrogen-bond donors (Lipinski definition) is 1. The van der Waals surface area contributed by atoms with E-state index in [9.17, 15) is 0 Å². The maximum Gasteiger partial charge on any atom is 0.0724 e. The minimum atomic E-state index is 0. The Hall–Kier alpha value is 0.170. The Balaban J connectivity index is 0.00000162. The summed E-state index contributed by atoms with van der Waals surface area (Å²) in [5.41, 5.74) is 0. The average molecular weight is 277 g/mol. The molecule has 108 valence electrons. The number of piperidine rings is 2. The summed E-state index contributed by atoms with van der Waals surface area (Å²) in [7, 11) is 1.86. The second-order valence-corrected chi connectivity index (χ2v) is 5.82. The van der Waals surface area contributed by atoms with Crippen molar-refractivity contribution in [3.8, 4) is 0 Å². The third-order valence-corrected chi connectivity index (χ3v) is 4.59. The normalized spacial score (nSPS) is 31.0. The molecule has 0 aliphatic carbocycles. The van der Waals surface area contributed by atoms with Crippen molar-refractivity contribution in [1.29, 1.82) is 0 Å². The number of hydrogen-bond acceptors (Lipinski definition) is 3. The number of nitrogens with one attached hydrogen (secondary N) is 1. The smallest absolute Gasteiger partial charge is 0.0724 e. The molecule has 0 amide bonds. The molecule has 1 N–H and O–H groups in total. The monoisotopic (exact) mass is 276 g/mol. The highest BCUT2D eigenvalue weighted by atomic mass is 35.5. The summed E-state index contributed by atoms with van der Waals surface area (Å²) < 4.78 is 5.57. The Labute approximate surface area is 118 Å². The molecule has 0 saturated carbocycles. The molecule has 2 aliphatic heterocycles. The Bertz CT molecular complexity index is 222. The summed E-state index contributed by atoms with van der Waals surface area (Å²) in [4.78, 5) is 2.61. The van der Waals surface area contributed by atoms with Crippen molar-refractivity contribution in [3.05, 3.63) is 0 Å². The van der Waals surface area contributed by atoms with E-state index in [0.29, 0.717) is 6.10 Å². The van der Waals surface area contributed by atoms with Crippen LogP contribution in [0.2, 0.25) is 0 Å². The zero-order valence-electron chi connectivity index (χ0n) is 11.9. The molecule has 0 aromatic rings. The van der Waals surface area contributed by atoms with Crippen LogP contribution in [0.5, 0.6) is 0 Å². The fourth-order valence-corrected chi connectivity index (χ4v) is 3.14. The van der Waals surface area contributed by atoms with E-state index in [0.717, 1.165) is 18.4 Å². The van der Waals surface area contributed by atoms with Crippen LogP contribution in [0.25, 0.3) is 0 Å². The molecule has 2 saturated heterocycles. The lowest BCUT2D eigenvalue weighted by Gasteiger charge is -2.37. The van der Waals surface area contributed by atoms with Gasteiger partial charge in [0.05, 0.1) is 6.10 Å². The molecule has 2 atom stereocenters. The van der Waals surface area contributed by atoms with Crippen LogP contribution < -0.4 is 5.32 Å². The summed E-state index contributed by atoms with van der Waals surface area (Å²) >= 11 is 0. The van der Waals surface area contributed by atoms with Crippen LogP contribution in [-0.2, 0) is 4.74 Å². The first-order chi connectivity index (χ1) is 8.29. The molecule has 0 bridgehead atoms. The molecule has 3 nitrogen and oxygen atoms in total. The zero-order valence-corrected chi connectivity index (χ0v) is 12.7. The highest BCUT2D eigenvalue weighted by Gasteiger charge is 2.26. The third kappa shape index (κ3) is 4.69. The van der Waals surface area contributed by atoms with Gasteiger partial charge in [0.1, 0.15) is 0 Å². The van der Waals surface area contributed by atoms with Gasteiger partial charge in [-0.2, -0.15) is 0 Å². The lowest BCUT2D eigenvalue weighted by molar-refractivity contribution is -0.00657. The van der Waals surface area contributed by atoms with Crippen molar-refractivity contribution in [2.75, 3.05) is 39.8 Å². The van der Waals surface area contributed by atoms with E-state index in [1.165, 1.54) is 51.9 Å². The van der Waals surface area contributed by atoms with Gasteiger partial charge in [-0.15, -0.1) is 12.4 Å². The van der Waals surface area contributed by atoms with Crippen molar-refractivity contribution < 1.29 is 4.74 Å². The second-order valence-electron chi connectivity index (χ2n) is 5.82. The van der Waals surface area contributed by atoms with Crippen LogP contribution in [-0.4, -0.2) is 50.8 Å². The van der Waals surface area contributed by atoms with Gasteiger partial charge in [0.25, 0.3) is 0 Å². The number of ether oxygens (including phenoxy) is 1. The van der Waals surface area contributed by atoms with Crippen molar-refractivity contribution in [2.24, 2.45) is 11.8 Å². The Kier molecular flexibility index (Phi) is 7.54. The standard InChI is InChI=1S/C14H28N2O.ClH/c1-12-5-9-16(11-14(12)17-2)10-6-13-3-7-15-8-4-13;/h12-15H,3-11H2,1-2H3;1H. The number of nitrogens with zero attached hydrogens (tertiary/aromatic N) is 1. The summed E-state index contributed by atoms with van der Waals surface area (Å²) in [6, 6.07) is 0. The highest BCUT2D eigenvalue weighted by Crippen LogP contribution is 2.22. The summed E-state index contributed by atoms with van der Waals surface area (Å²) in [6.45, 7) is 8.45. The SMILES string of the molecule is COC1CN(CCC2CCNCC2)CCC1C.Cl. The molecule has 18 heavy (non-hydrogen) atoms. The fraction of sp³-hybridized carbons (Fsp3) is 1.00. The summed E-state index contributed by atoms with van der Waals surface area (Å²) in [5.74, 6) is 1.69. The first-order valence-corrected chi connectivity index (χ1v) is 7.25. The molecule has 0 aromatic heterocycles. The van der Waals surface area contributed by atoms with Crippen molar-refractivity contribution in [3.63, 3.8) is 0 Å². The largest absolute Gasteiger partial charge is 0.380 e. The average Bonchev–Trinajstić information content (AvgIpc) is 2.39. The molecule has 4 heteroatoms. The van der Waals surface area contributed by atoms with Crippen molar-refractivity contribution in [1.82, 2.24) is 10.2 Å². The molecule has 0 radical (unpaired) electrons. The molecular formula is C14H29ClN2O. The van der Waals surface area contributed by atoms with E-state index in [2.05, 4.69) is 17.1 Å². The zero-order chi connectivity index (χ0) is 12.1. The lowest BCUT2D eigenvalue weighted by Crippen LogP contribution is -2.44. The van der Waals surface area contributed by atoms with Gasteiger partial charge >= 0.3 is 0 Å². The second kappa shape index (κ2) is 8.36. The lowest BCUT2D eigenvalue weighted by atomic mass is 9.92. The van der Waals surface area contributed by atoms with Crippen LogP contribution >= 0.6 is 12.4 Å². The summed E-state index contributed by atoms with van der Waals surface area (Å²) in [5, 5.41) is 3.44. The maximum atomic E-state index is 5.57. The van der Waals surface area contributed by atoms with Crippen LogP contribution in [0.3, 0.4) is 0 Å². The van der Waals surface area contributed by atoms with Gasteiger partial charge in [-0.05, 0) is 63.7 Å². The topological polar surface area (TPSA) is 24.5 Å². The molecule has 2 fully saturated rings. The third-order valence-electron chi connectivity index (χ3n) is 4.59. The van der Waals surface area contributed by atoms with E-state index in [1.807, 2.05) is 7.11 Å². The Morgan fingerprint density at radius 1 is 1.22 bits per heavy atom. The van der Waals surface area contributed by atoms with Gasteiger partial charge in [-0.25, -0.2) is 0 Å². The van der Waals surface area contributed by atoms with Gasteiger partial charge in [-0.3, -0.25) is 0 Å².